The van der Waals surface area contributed by atoms with Gasteiger partial charge in [0.05, 0.1) is 0 Å². The van der Waals surface area contributed by atoms with E-state index in [1.165, 1.54) is 10.4 Å². The fourth-order valence-corrected chi connectivity index (χ4v) is 2.91. The van der Waals surface area contributed by atoms with E-state index in [1.807, 2.05) is 6.07 Å². The molecule has 17 heavy (non-hydrogen) atoms. The Morgan fingerprint density at radius 3 is 2.53 bits per heavy atom. The topological polar surface area (TPSA) is 21.3 Å². The van der Waals surface area contributed by atoms with Crippen LogP contribution < -0.4 is 10.1 Å². The van der Waals surface area contributed by atoms with Crippen LogP contribution in [0.3, 0.4) is 0 Å². The van der Waals surface area contributed by atoms with E-state index in [-0.39, 0.29) is 5.60 Å². The second-order valence-corrected chi connectivity index (χ2v) is 5.69. The summed E-state index contributed by atoms with van der Waals surface area (Å²) in [6.45, 7) is 4.02. The fraction of sp³-hybridized carbons (Fsp3) is 0.286. The number of nitrogens with one attached hydrogen (secondary N) is 1. The SMILES string of the molecule is CC1(Oc2ccc(-c3ccccc3)s2)CNC1. The Balaban J connectivity index is 1.79. The molecule has 3 heteroatoms. The van der Waals surface area contributed by atoms with Gasteiger partial charge < -0.3 is 10.1 Å². The lowest BCUT2D eigenvalue weighted by Gasteiger charge is -2.38. The highest BCUT2D eigenvalue weighted by atomic mass is 32.1. The summed E-state index contributed by atoms with van der Waals surface area (Å²) in [7, 11) is 0. The molecule has 0 spiro atoms. The van der Waals surface area contributed by atoms with Crippen LogP contribution in [0.4, 0.5) is 0 Å². The molecule has 2 heterocycles. The lowest BCUT2D eigenvalue weighted by atomic mass is 10.0. The smallest absolute Gasteiger partial charge is 0.175 e. The Kier molecular flexibility index (Phi) is 2.65. The molecule has 1 aromatic carbocycles. The summed E-state index contributed by atoms with van der Waals surface area (Å²) in [5.41, 5.74) is 1.24. The summed E-state index contributed by atoms with van der Waals surface area (Å²) in [6.07, 6.45) is 0. The maximum absolute atomic E-state index is 6.00. The minimum absolute atomic E-state index is 0.0151. The van der Waals surface area contributed by atoms with Crippen molar-refractivity contribution in [3.05, 3.63) is 42.5 Å². The summed E-state index contributed by atoms with van der Waals surface area (Å²) in [5, 5.41) is 4.25. The lowest BCUT2D eigenvalue weighted by molar-refractivity contribution is 0.0386. The molecular formula is C14H15NOS. The number of hydrogen-bond acceptors (Lipinski definition) is 3. The average Bonchev–Trinajstić information content (AvgIpc) is 2.77. The van der Waals surface area contributed by atoms with Gasteiger partial charge in [-0.25, -0.2) is 0 Å². The molecule has 0 saturated carbocycles. The normalized spacial score (nSPS) is 17.5. The minimum Gasteiger partial charge on any atom is -0.475 e. The molecule has 0 aliphatic carbocycles. The van der Waals surface area contributed by atoms with Crippen LogP contribution in [0.15, 0.2) is 42.5 Å². The molecule has 1 fully saturated rings. The van der Waals surface area contributed by atoms with E-state index >= 15 is 0 Å². The third-order valence-electron chi connectivity index (χ3n) is 2.98. The molecule has 0 radical (unpaired) electrons. The molecule has 1 aliphatic heterocycles. The maximum atomic E-state index is 6.00. The first-order valence-electron chi connectivity index (χ1n) is 5.80. The average molecular weight is 245 g/mol. The van der Waals surface area contributed by atoms with Gasteiger partial charge in [-0.1, -0.05) is 41.7 Å². The van der Waals surface area contributed by atoms with E-state index in [0.717, 1.165) is 18.2 Å². The zero-order valence-electron chi connectivity index (χ0n) is 9.77. The van der Waals surface area contributed by atoms with Crippen molar-refractivity contribution in [2.45, 2.75) is 12.5 Å². The first-order valence-corrected chi connectivity index (χ1v) is 6.62. The molecule has 0 atom stereocenters. The molecule has 1 saturated heterocycles. The highest BCUT2D eigenvalue weighted by Gasteiger charge is 2.34. The molecule has 0 amide bonds. The van der Waals surface area contributed by atoms with Crippen molar-refractivity contribution in [2.75, 3.05) is 13.1 Å². The third kappa shape index (κ3) is 2.21. The Morgan fingerprint density at radius 2 is 1.88 bits per heavy atom. The van der Waals surface area contributed by atoms with E-state index in [1.54, 1.807) is 11.3 Å². The molecule has 1 aromatic heterocycles. The second kappa shape index (κ2) is 4.17. The molecule has 1 N–H and O–H groups in total. The predicted octanol–water partition coefficient (Wildman–Crippen LogP) is 3.16. The quantitative estimate of drug-likeness (QED) is 0.897. The standard InChI is InChI=1S/C14H15NOS/c1-14(9-15-10-14)16-13-8-7-12(17-13)11-5-3-2-4-6-11/h2-8,15H,9-10H2,1H3. The van der Waals surface area contributed by atoms with Crippen molar-refractivity contribution in [3.63, 3.8) is 0 Å². The summed E-state index contributed by atoms with van der Waals surface area (Å²) in [5.74, 6) is 0. The van der Waals surface area contributed by atoms with Crippen molar-refractivity contribution < 1.29 is 4.74 Å². The van der Waals surface area contributed by atoms with Gasteiger partial charge in [0.1, 0.15) is 5.60 Å². The summed E-state index contributed by atoms with van der Waals surface area (Å²) < 4.78 is 6.00. The van der Waals surface area contributed by atoms with Crippen LogP contribution in [-0.4, -0.2) is 18.7 Å². The van der Waals surface area contributed by atoms with Gasteiger partial charge in [0.2, 0.25) is 0 Å². The van der Waals surface area contributed by atoms with E-state index in [2.05, 4.69) is 48.6 Å². The molecular weight excluding hydrogens is 230 g/mol. The van der Waals surface area contributed by atoms with Crippen molar-refractivity contribution >= 4 is 11.3 Å². The van der Waals surface area contributed by atoms with Gasteiger partial charge in [-0.2, -0.15) is 0 Å². The van der Waals surface area contributed by atoms with Crippen molar-refractivity contribution in [2.24, 2.45) is 0 Å². The highest BCUT2D eigenvalue weighted by molar-refractivity contribution is 7.17. The van der Waals surface area contributed by atoms with Crippen molar-refractivity contribution in [3.8, 4) is 15.5 Å². The van der Waals surface area contributed by atoms with Crippen LogP contribution in [0.2, 0.25) is 0 Å². The maximum Gasteiger partial charge on any atom is 0.175 e. The van der Waals surface area contributed by atoms with E-state index in [4.69, 9.17) is 4.74 Å². The van der Waals surface area contributed by atoms with Gasteiger partial charge in [0, 0.05) is 18.0 Å². The zero-order chi connectivity index (χ0) is 11.7. The number of thiophene rings is 1. The third-order valence-corrected chi connectivity index (χ3v) is 4.00. The Morgan fingerprint density at radius 1 is 1.12 bits per heavy atom. The Hall–Kier alpha value is -1.32. The number of rotatable bonds is 3. The molecule has 0 bridgehead atoms. The van der Waals surface area contributed by atoms with Gasteiger partial charge >= 0.3 is 0 Å². The van der Waals surface area contributed by atoms with Crippen molar-refractivity contribution in [1.29, 1.82) is 0 Å². The predicted molar refractivity (Wildman–Crippen MR) is 71.7 cm³/mol. The first kappa shape index (κ1) is 10.8. The van der Waals surface area contributed by atoms with Crippen LogP contribution >= 0.6 is 11.3 Å². The van der Waals surface area contributed by atoms with Crippen molar-refractivity contribution in [1.82, 2.24) is 5.32 Å². The summed E-state index contributed by atoms with van der Waals surface area (Å²) in [6, 6.07) is 14.6. The van der Waals surface area contributed by atoms with Gasteiger partial charge in [0.25, 0.3) is 0 Å². The van der Waals surface area contributed by atoms with Crippen LogP contribution in [0.1, 0.15) is 6.92 Å². The monoisotopic (exact) mass is 245 g/mol. The molecule has 3 rings (SSSR count). The van der Waals surface area contributed by atoms with Crippen LogP contribution in [0, 0.1) is 0 Å². The largest absolute Gasteiger partial charge is 0.475 e. The van der Waals surface area contributed by atoms with Crippen LogP contribution in [-0.2, 0) is 0 Å². The number of ether oxygens (including phenoxy) is 1. The molecule has 1 aliphatic rings. The van der Waals surface area contributed by atoms with Gasteiger partial charge in [-0.05, 0) is 24.6 Å². The Bertz CT molecular complexity index is 502. The zero-order valence-corrected chi connectivity index (χ0v) is 10.6. The number of benzene rings is 1. The highest BCUT2D eigenvalue weighted by Crippen LogP contribution is 2.35. The minimum atomic E-state index is -0.0151. The molecule has 88 valence electrons. The summed E-state index contributed by atoms with van der Waals surface area (Å²) >= 11 is 1.71. The fourth-order valence-electron chi connectivity index (χ4n) is 1.92. The van der Waals surface area contributed by atoms with E-state index in [9.17, 15) is 0 Å². The molecule has 0 unspecified atom stereocenters. The van der Waals surface area contributed by atoms with Gasteiger partial charge in [-0.3, -0.25) is 0 Å². The number of hydrogen-bond donors (Lipinski definition) is 1. The molecule has 2 aromatic rings. The first-order chi connectivity index (χ1) is 8.25. The van der Waals surface area contributed by atoms with E-state index < -0.39 is 0 Å². The van der Waals surface area contributed by atoms with E-state index in [0.29, 0.717) is 0 Å². The van der Waals surface area contributed by atoms with Crippen LogP contribution in [0.5, 0.6) is 5.06 Å². The lowest BCUT2D eigenvalue weighted by Crippen LogP contribution is -2.60. The Labute approximate surface area is 105 Å². The van der Waals surface area contributed by atoms with Gasteiger partial charge in [-0.15, -0.1) is 0 Å². The van der Waals surface area contributed by atoms with Crippen LogP contribution in [0.25, 0.3) is 10.4 Å². The van der Waals surface area contributed by atoms with Gasteiger partial charge in [0.15, 0.2) is 5.06 Å². The second-order valence-electron chi connectivity index (χ2n) is 4.64. The molecule has 2 nitrogen and oxygen atoms in total. The summed E-state index contributed by atoms with van der Waals surface area (Å²) in [4.78, 5) is 1.26.